The van der Waals surface area contributed by atoms with Gasteiger partial charge in [0.2, 0.25) is 0 Å². The van der Waals surface area contributed by atoms with Gasteiger partial charge in [-0.3, -0.25) is 20.5 Å². The molecule has 0 aliphatic carbocycles. The van der Waals surface area contributed by atoms with Crippen LogP contribution in [-0.4, -0.2) is 34.7 Å². The Bertz CT molecular complexity index is 752. The second kappa shape index (κ2) is 8.73. The van der Waals surface area contributed by atoms with Gasteiger partial charge in [-0.05, 0) is 61.0 Å². The highest BCUT2D eigenvalue weighted by Gasteiger charge is 2.25. The summed E-state index contributed by atoms with van der Waals surface area (Å²) in [7, 11) is 1.59. The fourth-order valence-electron chi connectivity index (χ4n) is 3.06. The van der Waals surface area contributed by atoms with Gasteiger partial charge in [-0.1, -0.05) is 12.5 Å². The van der Waals surface area contributed by atoms with E-state index in [0.717, 1.165) is 31.4 Å². The van der Waals surface area contributed by atoms with Gasteiger partial charge in [0, 0.05) is 24.5 Å². The number of carbonyl (C=O) groups is 1. The highest BCUT2D eigenvalue weighted by molar-refractivity contribution is 7.80. The van der Waals surface area contributed by atoms with Crippen LogP contribution in [0.1, 0.15) is 41.2 Å². The van der Waals surface area contributed by atoms with Crippen molar-refractivity contribution in [1.29, 1.82) is 0 Å². The molecule has 0 saturated carbocycles. The number of rotatable bonds is 4. The number of hydrazine groups is 1. The Hall–Kier alpha value is -2.51. The average molecular weight is 370 g/mol. The number of hydrogen-bond acceptors (Lipinski definition) is 5. The number of piperidine rings is 1. The first-order valence-corrected chi connectivity index (χ1v) is 9.01. The minimum atomic E-state index is -0.250. The van der Waals surface area contributed by atoms with Crippen LogP contribution in [0.2, 0.25) is 0 Å². The van der Waals surface area contributed by atoms with Crippen molar-refractivity contribution < 1.29 is 9.53 Å². The maximum atomic E-state index is 12.3. The van der Waals surface area contributed by atoms with Crippen molar-refractivity contribution in [3.63, 3.8) is 0 Å². The van der Waals surface area contributed by atoms with Crippen molar-refractivity contribution >= 4 is 23.2 Å². The van der Waals surface area contributed by atoms with Gasteiger partial charge in [-0.2, -0.15) is 0 Å². The zero-order chi connectivity index (χ0) is 18.4. The summed E-state index contributed by atoms with van der Waals surface area (Å²) in [6, 6.07) is 11.1. The number of aromatic nitrogens is 1. The third-order valence-electron chi connectivity index (χ3n) is 4.40. The SMILES string of the molecule is COc1ccc(C(=O)NC(=S)NN2CCCCC2c2cccnc2)cc1. The molecule has 1 amide bonds. The molecular formula is C19H22N4O2S. The minimum absolute atomic E-state index is 0.188. The normalized spacial score (nSPS) is 17.3. The summed E-state index contributed by atoms with van der Waals surface area (Å²) in [5.41, 5.74) is 4.84. The monoisotopic (exact) mass is 370 g/mol. The molecule has 1 aliphatic rings. The molecule has 26 heavy (non-hydrogen) atoms. The Balaban J connectivity index is 1.61. The van der Waals surface area contributed by atoms with Crippen molar-refractivity contribution in [2.24, 2.45) is 0 Å². The van der Waals surface area contributed by atoms with Gasteiger partial charge in [0.05, 0.1) is 13.2 Å². The van der Waals surface area contributed by atoms with Gasteiger partial charge in [-0.15, -0.1) is 0 Å². The number of carbonyl (C=O) groups excluding carboxylic acids is 1. The Morgan fingerprint density at radius 3 is 2.77 bits per heavy atom. The molecule has 7 heteroatoms. The van der Waals surface area contributed by atoms with E-state index < -0.39 is 0 Å². The molecule has 1 aromatic carbocycles. The van der Waals surface area contributed by atoms with E-state index in [1.807, 2.05) is 12.3 Å². The highest BCUT2D eigenvalue weighted by atomic mass is 32.1. The quantitative estimate of drug-likeness (QED) is 0.807. The summed E-state index contributed by atoms with van der Waals surface area (Å²) >= 11 is 5.34. The Morgan fingerprint density at radius 1 is 1.27 bits per heavy atom. The van der Waals surface area contributed by atoms with Gasteiger partial charge in [-0.25, -0.2) is 5.01 Å². The number of hydrogen-bond donors (Lipinski definition) is 2. The first-order valence-electron chi connectivity index (χ1n) is 8.60. The van der Waals surface area contributed by atoms with E-state index in [1.165, 1.54) is 0 Å². The molecule has 1 atom stereocenters. The van der Waals surface area contributed by atoms with Gasteiger partial charge in [0.25, 0.3) is 5.91 Å². The van der Waals surface area contributed by atoms with Crippen molar-refractivity contribution in [3.8, 4) is 5.75 Å². The van der Waals surface area contributed by atoms with Crippen LogP contribution in [0.3, 0.4) is 0 Å². The molecule has 0 spiro atoms. The first-order chi connectivity index (χ1) is 12.7. The number of ether oxygens (including phenoxy) is 1. The van der Waals surface area contributed by atoms with Crippen LogP contribution in [0.25, 0.3) is 0 Å². The minimum Gasteiger partial charge on any atom is -0.497 e. The van der Waals surface area contributed by atoms with E-state index in [2.05, 4.69) is 26.8 Å². The summed E-state index contributed by atoms with van der Waals surface area (Å²) in [5.74, 6) is 0.454. The molecule has 2 aromatic rings. The van der Waals surface area contributed by atoms with Crippen LogP contribution < -0.4 is 15.5 Å². The van der Waals surface area contributed by atoms with E-state index >= 15 is 0 Å². The number of nitrogens with one attached hydrogen (secondary N) is 2. The van der Waals surface area contributed by atoms with Crippen molar-refractivity contribution in [3.05, 3.63) is 59.9 Å². The van der Waals surface area contributed by atoms with Gasteiger partial charge < -0.3 is 4.74 Å². The maximum Gasteiger partial charge on any atom is 0.257 e. The van der Waals surface area contributed by atoms with E-state index in [9.17, 15) is 4.79 Å². The molecule has 1 unspecified atom stereocenters. The summed E-state index contributed by atoms with van der Waals surface area (Å²) in [6.07, 6.45) is 6.91. The van der Waals surface area contributed by atoms with Crippen LogP contribution in [0.4, 0.5) is 0 Å². The molecule has 2 N–H and O–H groups in total. The summed E-state index contributed by atoms with van der Waals surface area (Å²) in [5, 5.41) is 5.11. The molecule has 1 fully saturated rings. The predicted octanol–water partition coefficient (Wildman–Crippen LogP) is 2.84. The van der Waals surface area contributed by atoms with E-state index in [0.29, 0.717) is 16.4 Å². The van der Waals surface area contributed by atoms with E-state index in [4.69, 9.17) is 17.0 Å². The zero-order valence-corrected chi connectivity index (χ0v) is 15.5. The average Bonchev–Trinajstić information content (AvgIpc) is 2.69. The second-order valence-corrected chi connectivity index (χ2v) is 6.52. The second-order valence-electron chi connectivity index (χ2n) is 6.11. The van der Waals surface area contributed by atoms with Crippen LogP contribution in [0, 0.1) is 0 Å². The van der Waals surface area contributed by atoms with Crippen molar-refractivity contribution in [1.82, 2.24) is 20.7 Å². The molecule has 0 bridgehead atoms. The zero-order valence-electron chi connectivity index (χ0n) is 14.6. The van der Waals surface area contributed by atoms with Crippen molar-refractivity contribution in [2.45, 2.75) is 25.3 Å². The topological polar surface area (TPSA) is 66.5 Å². The highest BCUT2D eigenvalue weighted by Crippen LogP contribution is 2.28. The summed E-state index contributed by atoms with van der Waals surface area (Å²) < 4.78 is 5.10. The fraction of sp³-hybridized carbons (Fsp3) is 0.316. The molecule has 0 radical (unpaired) electrons. The summed E-state index contributed by atoms with van der Waals surface area (Å²) in [6.45, 7) is 0.859. The third-order valence-corrected chi connectivity index (χ3v) is 4.59. The molecule has 136 valence electrons. The lowest BCUT2D eigenvalue weighted by Crippen LogP contribution is -2.51. The molecule has 6 nitrogen and oxygen atoms in total. The Kier molecular flexibility index (Phi) is 6.14. The van der Waals surface area contributed by atoms with Gasteiger partial charge >= 0.3 is 0 Å². The van der Waals surface area contributed by atoms with E-state index in [1.54, 1.807) is 37.6 Å². The summed E-state index contributed by atoms with van der Waals surface area (Å²) in [4.78, 5) is 16.5. The van der Waals surface area contributed by atoms with Gasteiger partial charge in [0.1, 0.15) is 5.75 Å². The van der Waals surface area contributed by atoms with Crippen molar-refractivity contribution in [2.75, 3.05) is 13.7 Å². The molecule has 1 aliphatic heterocycles. The number of pyridine rings is 1. The van der Waals surface area contributed by atoms with Gasteiger partial charge in [0.15, 0.2) is 5.11 Å². The molecule has 1 aromatic heterocycles. The lowest BCUT2D eigenvalue weighted by molar-refractivity contribution is 0.0957. The standard InChI is InChI=1S/C19H22N4O2S/c1-25-16-9-7-14(8-10-16)18(24)21-19(26)22-23-12-3-2-6-17(23)15-5-4-11-20-13-15/h4-5,7-11,13,17H,2-3,6,12H2,1H3,(H2,21,22,24,26). The maximum absolute atomic E-state index is 12.3. The number of thiocarbonyl (C=S) groups is 1. The smallest absolute Gasteiger partial charge is 0.257 e. The van der Waals surface area contributed by atoms with Crippen LogP contribution in [0.15, 0.2) is 48.8 Å². The number of methoxy groups -OCH3 is 1. The molecular weight excluding hydrogens is 348 g/mol. The Morgan fingerprint density at radius 2 is 2.08 bits per heavy atom. The first kappa shape index (κ1) is 18.3. The largest absolute Gasteiger partial charge is 0.497 e. The Labute approximate surface area is 158 Å². The lowest BCUT2D eigenvalue weighted by Gasteiger charge is -2.36. The number of nitrogens with zero attached hydrogens (tertiary/aromatic N) is 2. The predicted molar refractivity (Wildman–Crippen MR) is 104 cm³/mol. The van der Waals surface area contributed by atoms with Crippen LogP contribution >= 0.6 is 12.2 Å². The fourth-order valence-corrected chi connectivity index (χ4v) is 3.27. The van der Waals surface area contributed by atoms with Crippen LogP contribution in [-0.2, 0) is 0 Å². The molecule has 2 heterocycles. The lowest BCUT2D eigenvalue weighted by atomic mass is 9.98. The third kappa shape index (κ3) is 4.56. The molecule has 1 saturated heterocycles. The number of amides is 1. The number of benzene rings is 1. The van der Waals surface area contributed by atoms with E-state index in [-0.39, 0.29) is 11.9 Å². The van der Waals surface area contributed by atoms with Crippen LogP contribution in [0.5, 0.6) is 5.75 Å². The molecule has 3 rings (SSSR count).